The van der Waals surface area contributed by atoms with E-state index < -0.39 is 17.6 Å². The van der Waals surface area contributed by atoms with Crippen molar-refractivity contribution < 1.29 is 17.9 Å². The topological polar surface area (TPSA) is 38.2 Å². The fourth-order valence-electron chi connectivity index (χ4n) is 1.85. The first-order valence-electron chi connectivity index (χ1n) is 6.90. The van der Waals surface area contributed by atoms with Crippen LogP contribution in [-0.4, -0.2) is 23.6 Å². The van der Waals surface area contributed by atoms with Crippen LogP contribution in [0.2, 0.25) is 5.02 Å². The molecule has 0 saturated carbocycles. The summed E-state index contributed by atoms with van der Waals surface area (Å²) in [4.78, 5) is 9.20. The number of para-hydroxylation sites is 1. The quantitative estimate of drug-likeness (QED) is 0.787. The molecule has 0 fully saturated rings. The van der Waals surface area contributed by atoms with Crippen molar-refractivity contribution in [3.8, 4) is 5.88 Å². The summed E-state index contributed by atoms with van der Waals surface area (Å²) >= 11 is 6.09. The zero-order valence-electron chi connectivity index (χ0n) is 12.6. The van der Waals surface area contributed by atoms with Crippen LogP contribution in [0.5, 0.6) is 5.88 Å². The van der Waals surface area contributed by atoms with Crippen LogP contribution in [-0.2, 0) is 6.18 Å². The second-order valence-corrected chi connectivity index (χ2v) is 5.15. The molecule has 2 rings (SSSR count). The minimum Gasteiger partial charge on any atom is -0.477 e. The number of hydrogen-bond donors (Lipinski definition) is 0. The third-order valence-electron chi connectivity index (χ3n) is 3.00. The normalized spacial score (nSPS) is 11.4. The first-order chi connectivity index (χ1) is 10.8. The van der Waals surface area contributed by atoms with Crippen molar-refractivity contribution >= 4 is 23.2 Å². The lowest BCUT2D eigenvalue weighted by Gasteiger charge is -2.20. The van der Waals surface area contributed by atoms with E-state index in [1.807, 2.05) is 0 Å². The summed E-state index contributed by atoms with van der Waals surface area (Å²) in [5.74, 6) is -0.416. The Hall–Kier alpha value is -2.02. The molecular weight excluding hydrogens is 331 g/mol. The van der Waals surface area contributed by atoms with Gasteiger partial charge in [0, 0.05) is 13.2 Å². The summed E-state index contributed by atoms with van der Waals surface area (Å²) in [6, 6.07) is 6.90. The minimum absolute atomic E-state index is 0.0669. The van der Waals surface area contributed by atoms with E-state index in [1.54, 1.807) is 38.2 Å². The maximum absolute atomic E-state index is 13.0. The van der Waals surface area contributed by atoms with Gasteiger partial charge in [-0.05, 0) is 18.6 Å². The highest BCUT2D eigenvalue weighted by Gasteiger charge is 2.36. The average Bonchev–Trinajstić information content (AvgIpc) is 2.51. The zero-order chi connectivity index (χ0) is 17.0. The molecule has 0 atom stereocenters. The van der Waals surface area contributed by atoms with Crippen LogP contribution in [0.3, 0.4) is 0 Å². The molecule has 0 saturated heterocycles. The number of alkyl halides is 3. The van der Waals surface area contributed by atoms with Crippen LogP contribution in [0.4, 0.5) is 24.8 Å². The number of ether oxygens (including phenoxy) is 1. The lowest BCUT2D eigenvalue weighted by atomic mass is 10.3. The Morgan fingerprint density at radius 1 is 1.26 bits per heavy atom. The molecule has 0 unspecified atom stereocenters. The van der Waals surface area contributed by atoms with Crippen molar-refractivity contribution in [3.63, 3.8) is 0 Å². The van der Waals surface area contributed by atoms with E-state index in [4.69, 9.17) is 16.3 Å². The predicted octanol–water partition coefficient (Wildman–Crippen LogP) is 4.71. The Balaban J connectivity index is 2.42. The van der Waals surface area contributed by atoms with Gasteiger partial charge in [-0.3, -0.25) is 0 Å². The molecule has 0 radical (unpaired) electrons. The van der Waals surface area contributed by atoms with Gasteiger partial charge in [-0.1, -0.05) is 30.7 Å². The van der Waals surface area contributed by atoms with Gasteiger partial charge in [-0.25, -0.2) is 4.98 Å². The molecule has 2 aromatic rings. The summed E-state index contributed by atoms with van der Waals surface area (Å²) in [5, 5.41) is 0.439. The van der Waals surface area contributed by atoms with Crippen molar-refractivity contribution in [2.45, 2.75) is 19.5 Å². The number of benzene rings is 1. The number of nitrogens with zero attached hydrogens (tertiary/aromatic N) is 3. The highest BCUT2D eigenvalue weighted by molar-refractivity contribution is 6.33. The summed E-state index contributed by atoms with van der Waals surface area (Å²) < 4.78 is 44.1. The van der Waals surface area contributed by atoms with Crippen LogP contribution in [0.1, 0.15) is 18.9 Å². The SMILES string of the molecule is CCCOc1nc(N(C)c2ccccc2Cl)ncc1C(F)(F)F. The van der Waals surface area contributed by atoms with Crippen LogP contribution in [0, 0.1) is 0 Å². The maximum atomic E-state index is 13.0. The fraction of sp³-hybridized carbons (Fsp3) is 0.333. The lowest BCUT2D eigenvalue weighted by Crippen LogP contribution is -2.17. The summed E-state index contributed by atoms with van der Waals surface area (Å²) in [6.45, 7) is 1.93. The largest absolute Gasteiger partial charge is 0.477 e. The smallest absolute Gasteiger partial charge is 0.423 e. The maximum Gasteiger partial charge on any atom is 0.423 e. The van der Waals surface area contributed by atoms with E-state index in [2.05, 4.69) is 9.97 Å². The van der Waals surface area contributed by atoms with Gasteiger partial charge < -0.3 is 9.64 Å². The zero-order valence-corrected chi connectivity index (χ0v) is 13.3. The Bertz CT molecular complexity index is 679. The van der Waals surface area contributed by atoms with Gasteiger partial charge >= 0.3 is 6.18 Å². The van der Waals surface area contributed by atoms with Crippen molar-refractivity contribution in [2.24, 2.45) is 0 Å². The highest BCUT2D eigenvalue weighted by Crippen LogP contribution is 2.36. The Morgan fingerprint density at radius 3 is 2.57 bits per heavy atom. The van der Waals surface area contributed by atoms with Crippen molar-refractivity contribution in [2.75, 3.05) is 18.6 Å². The van der Waals surface area contributed by atoms with Crippen molar-refractivity contribution in [1.82, 2.24) is 9.97 Å². The third kappa shape index (κ3) is 4.04. The molecule has 1 heterocycles. The average molecular weight is 346 g/mol. The number of hydrogen-bond acceptors (Lipinski definition) is 4. The van der Waals surface area contributed by atoms with Gasteiger partial charge in [0.15, 0.2) is 0 Å². The Kier molecular flexibility index (Phi) is 5.30. The Morgan fingerprint density at radius 2 is 1.96 bits per heavy atom. The molecular formula is C15H15ClF3N3O. The van der Waals surface area contributed by atoms with Crippen molar-refractivity contribution in [1.29, 1.82) is 0 Å². The van der Waals surface area contributed by atoms with E-state index in [0.29, 0.717) is 17.1 Å². The molecule has 0 aliphatic heterocycles. The molecule has 0 spiro atoms. The van der Waals surface area contributed by atoms with E-state index in [9.17, 15) is 13.2 Å². The second-order valence-electron chi connectivity index (χ2n) is 4.75. The number of aromatic nitrogens is 2. The minimum atomic E-state index is -4.58. The number of halogens is 4. The molecule has 0 bridgehead atoms. The summed E-state index contributed by atoms with van der Waals surface area (Å²) in [5.41, 5.74) is -0.419. The Labute approximate surface area is 136 Å². The van der Waals surface area contributed by atoms with Gasteiger partial charge in [0.2, 0.25) is 11.8 Å². The predicted molar refractivity (Wildman–Crippen MR) is 82.3 cm³/mol. The molecule has 0 aliphatic rings. The fourth-order valence-corrected chi connectivity index (χ4v) is 2.12. The van der Waals surface area contributed by atoms with Gasteiger partial charge in [-0.2, -0.15) is 18.2 Å². The molecule has 124 valence electrons. The van der Waals surface area contributed by atoms with Crippen LogP contribution in [0.25, 0.3) is 0 Å². The van der Waals surface area contributed by atoms with Gasteiger partial charge in [0.1, 0.15) is 5.56 Å². The van der Waals surface area contributed by atoms with Gasteiger partial charge in [0.25, 0.3) is 0 Å². The van der Waals surface area contributed by atoms with Crippen LogP contribution in [0.15, 0.2) is 30.5 Å². The molecule has 4 nitrogen and oxygen atoms in total. The van der Waals surface area contributed by atoms with E-state index in [-0.39, 0.29) is 12.6 Å². The molecule has 8 heteroatoms. The molecule has 0 N–H and O–H groups in total. The monoisotopic (exact) mass is 345 g/mol. The van der Waals surface area contributed by atoms with Crippen LogP contribution < -0.4 is 9.64 Å². The third-order valence-corrected chi connectivity index (χ3v) is 3.32. The van der Waals surface area contributed by atoms with E-state index in [1.165, 1.54) is 4.90 Å². The molecule has 1 aromatic carbocycles. The molecule has 23 heavy (non-hydrogen) atoms. The lowest BCUT2D eigenvalue weighted by molar-refractivity contribution is -0.139. The van der Waals surface area contributed by atoms with Crippen molar-refractivity contribution in [3.05, 3.63) is 41.0 Å². The van der Waals surface area contributed by atoms with E-state index in [0.717, 1.165) is 6.20 Å². The van der Waals surface area contributed by atoms with E-state index >= 15 is 0 Å². The van der Waals surface area contributed by atoms with Gasteiger partial charge in [0.05, 0.1) is 17.3 Å². The second kappa shape index (κ2) is 7.04. The summed E-state index contributed by atoms with van der Waals surface area (Å²) in [6.07, 6.45) is -3.29. The summed E-state index contributed by atoms with van der Waals surface area (Å²) in [7, 11) is 1.62. The van der Waals surface area contributed by atoms with Crippen LogP contribution >= 0.6 is 11.6 Å². The number of rotatable bonds is 5. The van der Waals surface area contributed by atoms with Gasteiger partial charge in [-0.15, -0.1) is 0 Å². The first-order valence-corrected chi connectivity index (χ1v) is 7.27. The molecule has 0 amide bonds. The standard InChI is InChI=1S/C15H15ClF3N3O/c1-3-8-23-13-10(15(17,18)19)9-20-14(21-13)22(2)12-7-5-4-6-11(12)16/h4-7,9H,3,8H2,1-2H3. The first kappa shape index (κ1) is 17.3. The molecule has 0 aliphatic carbocycles. The number of anilines is 2. The highest BCUT2D eigenvalue weighted by atomic mass is 35.5. The molecule has 1 aromatic heterocycles.